The molecule has 0 bridgehead atoms. The van der Waals surface area contributed by atoms with Gasteiger partial charge in [0.2, 0.25) is 5.82 Å². The zero-order valence-electron chi connectivity index (χ0n) is 8.98. The monoisotopic (exact) mass is 309 g/mol. The van der Waals surface area contributed by atoms with E-state index in [4.69, 9.17) is 0 Å². The van der Waals surface area contributed by atoms with Gasteiger partial charge < -0.3 is 0 Å². The maximum absolute atomic E-state index is 11.2. The van der Waals surface area contributed by atoms with Crippen LogP contribution in [-0.2, 0) is 0 Å². The number of hydrogen-bond acceptors (Lipinski definition) is 5. The summed E-state index contributed by atoms with van der Waals surface area (Å²) in [5.74, 6) is -0.0806. The van der Waals surface area contributed by atoms with Crippen LogP contribution in [0.5, 0.6) is 0 Å². The van der Waals surface area contributed by atoms with Gasteiger partial charge >= 0.3 is 5.69 Å². The molecule has 2 rings (SSSR count). The maximum Gasteiger partial charge on any atom is 0.342 e. The molecule has 1 heterocycles. The van der Waals surface area contributed by atoms with Crippen LogP contribution in [0.4, 0.5) is 5.82 Å². The van der Waals surface area contributed by atoms with E-state index in [1.165, 1.54) is 6.21 Å². The lowest BCUT2D eigenvalue weighted by Gasteiger charge is -1.96. The number of halogens is 1. The van der Waals surface area contributed by atoms with Crippen molar-refractivity contribution in [3.8, 4) is 0 Å². The van der Waals surface area contributed by atoms with E-state index in [0.29, 0.717) is 0 Å². The zero-order valence-corrected chi connectivity index (χ0v) is 10.6. The minimum atomic E-state index is -0.664. The van der Waals surface area contributed by atoms with Gasteiger partial charge in [-0.2, -0.15) is 5.10 Å². The van der Waals surface area contributed by atoms with E-state index in [0.717, 1.165) is 10.0 Å². The molecule has 0 radical (unpaired) electrons. The molecule has 7 nitrogen and oxygen atoms in total. The molecule has 8 heteroatoms. The molecule has 0 spiro atoms. The van der Waals surface area contributed by atoms with E-state index in [1.54, 1.807) is 0 Å². The van der Waals surface area contributed by atoms with Crippen LogP contribution in [-0.4, -0.2) is 21.4 Å². The first-order valence-corrected chi connectivity index (χ1v) is 5.68. The molecule has 0 atom stereocenters. The molecule has 3 N–H and O–H groups in total. The van der Waals surface area contributed by atoms with Crippen molar-refractivity contribution in [3.05, 3.63) is 55.1 Å². The molecule has 92 valence electrons. The van der Waals surface area contributed by atoms with E-state index < -0.39 is 11.2 Å². The van der Waals surface area contributed by atoms with E-state index in [9.17, 15) is 9.59 Å². The summed E-state index contributed by atoms with van der Waals surface area (Å²) in [6.07, 6.45) is 1.53. The van der Waals surface area contributed by atoms with Gasteiger partial charge in [-0.1, -0.05) is 28.1 Å². The van der Waals surface area contributed by atoms with Gasteiger partial charge in [0.05, 0.1) is 6.21 Å². The third-order valence-electron chi connectivity index (χ3n) is 1.97. The summed E-state index contributed by atoms with van der Waals surface area (Å²) >= 11 is 3.32. The number of H-pyrrole nitrogens is 2. The number of nitrogens with one attached hydrogen (secondary N) is 3. The Balaban J connectivity index is 2.09. The number of anilines is 1. The molecule has 0 saturated heterocycles. The van der Waals surface area contributed by atoms with Crippen molar-refractivity contribution < 1.29 is 0 Å². The number of nitrogens with zero attached hydrogens (tertiary/aromatic N) is 2. The molecule has 2 aromatic rings. The Bertz CT molecular complexity index is 674. The summed E-state index contributed by atoms with van der Waals surface area (Å²) in [5, 5.41) is 9.44. The number of hydrogen-bond donors (Lipinski definition) is 3. The molecule has 1 aromatic heterocycles. The van der Waals surface area contributed by atoms with Gasteiger partial charge in [-0.05, 0) is 17.7 Å². The van der Waals surface area contributed by atoms with Crippen molar-refractivity contribution >= 4 is 28.0 Å². The van der Waals surface area contributed by atoms with Crippen LogP contribution in [0.3, 0.4) is 0 Å². The highest BCUT2D eigenvalue weighted by molar-refractivity contribution is 9.10. The zero-order chi connectivity index (χ0) is 13.0. The number of aromatic amines is 2. The van der Waals surface area contributed by atoms with Crippen molar-refractivity contribution in [3.63, 3.8) is 0 Å². The van der Waals surface area contributed by atoms with Crippen molar-refractivity contribution in [1.82, 2.24) is 15.2 Å². The lowest BCUT2D eigenvalue weighted by atomic mass is 10.2. The number of hydrazone groups is 1. The highest BCUT2D eigenvalue weighted by Gasteiger charge is 1.98. The predicted molar refractivity (Wildman–Crippen MR) is 70.8 cm³/mol. The maximum atomic E-state index is 11.2. The molecule has 0 aliphatic heterocycles. The Morgan fingerprint density at radius 3 is 2.67 bits per heavy atom. The first-order chi connectivity index (χ1) is 8.65. The standard InChI is InChI=1S/C10H8BrN5O2/c11-7-3-1-6(2-4-7)5-12-14-8-9(17)13-10(18)16-15-8/h1-5H,(H,14,15)(H2,13,16,17,18). The number of rotatable bonds is 3. The average molecular weight is 310 g/mol. The van der Waals surface area contributed by atoms with Crippen molar-refractivity contribution in [1.29, 1.82) is 0 Å². The lowest BCUT2D eigenvalue weighted by Crippen LogP contribution is -2.25. The third kappa shape index (κ3) is 3.14. The third-order valence-corrected chi connectivity index (χ3v) is 2.49. The Kier molecular flexibility index (Phi) is 3.68. The van der Waals surface area contributed by atoms with E-state index in [-0.39, 0.29) is 5.82 Å². The quantitative estimate of drug-likeness (QED) is 0.572. The Morgan fingerprint density at radius 1 is 1.28 bits per heavy atom. The van der Waals surface area contributed by atoms with Gasteiger partial charge in [0.15, 0.2) is 0 Å². The lowest BCUT2D eigenvalue weighted by molar-refractivity contribution is 0.890. The van der Waals surface area contributed by atoms with Crippen molar-refractivity contribution in [2.75, 3.05) is 5.43 Å². The van der Waals surface area contributed by atoms with E-state index in [2.05, 4.69) is 36.7 Å². The van der Waals surface area contributed by atoms with Gasteiger partial charge in [-0.25, -0.2) is 9.89 Å². The number of benzene rings is 1. The van der Waals surface area contributed by atoms with Gasteiger partial charge in [-0.15, -0.1) is 5.10 Å². The molecular weight excluding hydrogens is 302 g/mol. The Morgan fingerprint density at radius 2 is 2.00 bits per heavy atom. The van der Waals surface area contributed by atoms with Crippen LogP contribution in [0.25, 0.3) is 0 Å². The van der Waals surface area contributed by atoms with Crippen LogP contribution in [0.2, 0.25) is 0 Å². The normalized spacial score (nSPS) is 10.7. The molecular formula is C10H8BrN5O2. The Labute approximate surface area is 109 Å². The largest absolute Gasteiger partial charge is 0.342 e. The summed E-state index contributed by atoms with van der Waals surface area (Å²) in [7, 11) is 0. The average Bonchev–Trinajstić information content (AvgIpc) is 2.34. The fourth-order valence-corrected chi connectivity index (χ4v) is 1.40. The summed E-state index contributed by atoms with van der Waals surface area (Å²) < 4.78 is 0.964. The van der Waals surface area contributed by atoms with E-state index in [1.807, 2.05) is 29.2 Å². The van der Waals surface area contributed by atoms with Crippen LogP contribution in [0, 0.1) is 0 Å². The van der Waals surface area contributed by atoms with Crippen LogP contribution >= 0.6 is 15.9 Å². The van der Waals surface area contributed by atoms with Gasteiger partial charge in [-0.3, -0.25) is 15.2 Å². The topological polar surface area (TPSA) is 103 Å². The molecule has 18 heavy (non-hydrogen) atoms. The molecule has 1 aromatic carbocycles. The fourth-order valence-electron chi connectivity index (χ4n) is 1.14. The van der Waals surface area contributed by atoms with Crippen LogP contribution < -0.4 is 16.7 Å². The molecule has 0 unspecified atom stereocenters. The molecule has 0 saturated carbocycles. The van der Waals surface area contributed by atoms with E-state index >= 15 is 0 Å². The smallest absolute Gasteiger partial charge is 0.270 e. The summed E-state index contributed by atoms with van der Waals surface area (Å²) in [6.45, 7) is 0. The summed E-state index contributed by atoms with van der Waals surface area (Å²) in [6, 6.07) is 7.43. The highest BCUT2D eigenvalue weighted by Crippen LogP contribution is 2.08. The first kappa shape index (κ1) is 12.2. The summed E-state index contributed by atoms with van der Waals surface area (Å²) in [4.78, 5) is 24.0. The minimum Gasteiger partial charge on any atom is -0.270 e. The molecule has 0 fully saturated rings. The number of aromatic nitrogens is 3. The second kappa shape index (κ2) is 5.41. The van der Waals surface area contributed by atoms with Crippen molar-refractivity contribution in [2.45, 2.75) is 0 Å². The van der Waals surface area contributed by atoms with Crippen molar-refractivity contribution in [2.24, 2.45) is 5.10 Å². The van der Waals surface area contributed by atoms with Crippen LogP contribution in [0.1, 0.15) is 5.56 Å². The second-order valence-electron chi connectivity index (χ2n) is 3.28. The minimum absolute atomic E-state index is 0.0806. The van der Waals surface area contributed by atoms with Gasteiger partial charge in [0.1, 0.15) is 0 Å². The van der Waals surface area contributed by atoms with Gasteiger partial charge in [0, 0.05) is 4.47 Å². The molecule has 0 aliphatic rings. The summed E-state index contributed by atoms with van der Waals surface area (Å²) in [5.41, 5.74) is 1.99. The fraction of sp³-hybridized carbons (Fsp3) is 0. The molecule has 0 aliphatic carbocycles. The van der Waals surface area contributed by atoms with Gasteiger partial charge in [0.25, 0.3) is 5.56 Å². The second-order valence-corrected chi connectivity index (χ2v) is 4.19. The SMILES string of the molecule is O=c1[nH]nc(NN=Cc2ccc(Br)cc2)c(=O)[nH]1. The first-order valence-electron chi connectivity index (χ1n) is 4.89. The van der Waals surface area contributed by atoms with Crippen LogP contribution in [0.15, 0.2) is 43.4 Å². The molecule has 0 amide bonds. The highest BCUT2D eigenvalue weighted by atomic mass is 79.9. The Hall–Kier alpha value is -2.22. The predicted octanol–water partition coefficient (Wildman–Crippen LogP) is 0.667.